The lowest BCUT2D eigenvalue weighted by Crippen LogP contribution is -2.38. The highest BCUT2D eigenvalue weighted by atomic mass is 16.5. The molecule has 0 N–H and O–H groups in total. The van der Waals surface area contributed by atoms with Gasteiger partial charge >= 0.3 is 0 Å². The number of rotatable bonds is 0. The predicted octanol–water partition coefficient (Wildman–Crippen LogP) is 0.609. The number of aromatic nitrogens is 1. The van der Waals surface area contributed by atoms with Crippen molar-refractivity contribution in [2.24, 2.45) is 0 Å². The average Bonchev–Trinajstić information content (AvgIpc) is 2.55. The van der Waals surface area contributed by atoms with Gasteiger partial charge in [0, 0.05) is 12.7 Å². The van der Waals surface area contributed by atoms with Gasteiger partial charge in [-0.3, -0.25) is 9.78 Å². The molecule has 0 aliphatic carbocycles. The molecule has 1 unspecified atom stereocenters. The molecule has 0 saturated carbocycles. The largest absolute Gasteiger partial charge is 0.377 e. The minimum absolute atomic E-state index is 0.0486. The van der Waals surface area contributed by atoms with Gasteiger partial charge in [0.1, 0.15) is 0 Å². The number of pyridine rings is 1. The van der Waals surface area contributed by atoms with Gasteiger partial charge < -0.3 is 9.64 Å². The van der Waals surface area contributed by atoms with E-state index < -0.39 is 0 Å². The van der Waals surface area contributed by atoms with E-state index in [-0.39, 0.29) is 11.9 Å². The Hall–Kier alpha value is -1.42. The molecule has 14 heavy (non-hydrogen) atoms. The fourth-order valence-corrected chi connectivity index (χ4v) is 2.09. The smallest absolute Gasteiger partial charge is 0.256 e. The lowest BCUT2D eigenvalue weighted by Gasteiger charge is -2.29. The molecule has 4 nitrogen and oxygen atoms in total. The van der Waals surface area contributed by atoms with E-state index in [1.54, 1.807) is 12.3 Å². The van der Waals surface area contributed by atoms with Crippen LogP contribution in [0.2, 0.25) is 0 Å². The third-order valence-electron chi connectivity index (χ3n) is 2.77. The van der Waals surface area contributed by atoms with Crippen LogP contribution in [0.15, 0.2) is 18.3 Å². The summed E-state index contributed by atoms with van der Waals surface area (Å²) in [5.74, 6) is 0.0985. The average molecular weight is 190 g/mol. The third-order valence-corrected chi connectivity index (χ3v) is 2.77. The highest BCUT2D eigenvalue weighted by Crippen LogP contribution is 2.33. The zero-order valence-electron chi connectivity index (χ0n) is 7.64. The minimum Gasteiger partial charge on any atom is -0.377 e. The van der Waals surface area contributed by atoms with Gasteiger partial charge in [0.2, 0.25) is 0 Å². The summed E-state index contributed by atoms with van der Waals surface area (Å²) >= 11 is 0. The molecule has 0 aromatic carbocycles. The molecule has 2 aliphatic rings. The number of hydrogen-bond acceptors (Lipinski definition) is 3. The third kappa shape index (κ3) is 0.915. The summed E-state index contributed by atoms with van der Waals surface area (Å²) in [7, 11) is 0. The first-order chi connectivity index (χ1) is 6.88. The molecule has 3 rings (SSSR count). The molecule has 72 valence electrons. The lowest BCUT2D eigenvalue weighted by molar-refractivity contribution is 0.00355. The number of hydrogen-bond donors (Lipinski definition) is 0. The molecule has 1 saturated heterocycles. The Morgan fingerprint density at radius 1 is 1.57 bits per heavy atom. The highest BCUT2D eigenvalue weighted by Gasteiger charge is 2.39. The second kappa shape index (κ2) is 2.78. The molecular formula is C10H10N2O2. The first-order valence-corrected chi connectivity index (χ1v) is 4.71. The van der Waals surface area contributed by atoms with Crippen LogP contribution in [0, 0.1) is 0 Å². The van der Waals surface area contributed by atoms with Crippen molar-refractivity contribution in [1.82, 2.24) is 9.88 Å². The first-order valence-electron chi connectivity index (χ1n) is 4.71. The Bertz CT molecular complexity index is 391. The van der Waals surface area contributed by atoms with Gasteiger partial charge in [-0.15, -0.1) is 0 Å². The molecule has 1 aromatic rings. The quantitative estimate of drug-likeness (QED) is 0.602. The van der Waals surface area contributed by atoms with E-state index in [0.717, 1.165) is 11.3 Å². The van der Waals surface area contributed by atoms with Crippen molar-refractivity contribution in [3.63, 3.8) is 0 Å². The van der Waals surface area contributed by atoms with Crippen molar-refractivity contribution in [2.75, 3.05) is 19.8 Å². The van der Waals surface area contributed by atoms with Gasteiger partial charge in [-0.1, -0.05) is 0 Å². The summed E-state index contributed by atoms with van der Waals surface area (Å²) in [5.41, 5.74) is 1.61. The Labute approximate surface area is 81.5 Å². The van der Waals surface area contributed by atoms with E-state index in [0.29, 0.717) is 19.8 Å². The molecule has 0 bridgehead atoms. The Morgan fingerprint density at radius 3 is 3.43 bits per heavy atom. The number of amides is 1. The van der Waals surface area contributed by atoms with Gasteiger partial charge in [-0.25, -0.2) is 0 Å². The Morgan fingerprint density at radius 2 is 2.50 bits per heavy atom. The SMILES string of the molecule is O=C1c2cccnc2C2COCCN12. The maximum absolute atomic E-state index is 11.9. The molecule has 0 spiro atoms. The molecule has 1 fully saturated rings. The zero-order chi connectivity index (χ0) is 9.54. The van der Waals surface area contributed by atoms with Crippen LogP contribution in [0.4, 0.5) is 0 Å². The Balaban J connectivity index is 2.11. The van der Waals surface area contributed by atoms with Gasteiger partial charge in [0.05, 0.1) is 30.5 Å². The van der Waals surface area contributed by atoms with Crippen LogP contribution in [0.3, 0.4) is 0 Å². The number of nitrogens with zero attached hydrogens (tertiary/aromatic N) is 2. The van der Waals surface area contributed by atoms with Crippen LogP contribution < -0.4 is 0 Å². The summed E-state index contributed by atoms with van der Waals surface area (Å²) in [4.78, 5) is 18.0. The summed E-state index contributed by atoms with van der Waals surface area (Å²) in [6, 6.07) is 3.69. The van der Waals surface area contributed by atoms with Crippen LogP contribution in [0.5, 0.6) is 0 Å². The fraction of sp³-hybridized carbons (Fsp3) is 0.400. The van der Waals surface area contributed by atoms with E-state index >= 15 is 0 Å². The number of ether oxygens (including phenoxy) is 1. The highest BCUT2D eigenvalue weighted by molar-refractivity contribution is 5.98. The van der Waals surface area contributed by atoms with Crippen LogP contribution in [-0.4, -0.2) is 35.5 Å². The number of carbonyl (C=O) groups is 1. The lowest BCUT2D eigenvalue weighted by atomic mass is 10.1. The van der Waals surface area contributed by atoms with Crippen molar-refractivity contribution in [3.8, 4) is 0 Å². The molecule has 1 amide bonds. The van der Waals surface area contributed by atoms with Crippen LogP contribution >= 0.6 is 0 Å². The van der Waals surface area contributed by atoms with Crippen molar-refractivity contribution in [1.29, 1.82) is 0 Å². The fourth-order valence-electron chi connectivity index (χ4n) is 2.09. The number of morpholine rings is 1. The zero-order valence-corrected chi connectivity index (χ0v) is 7.64. The van der Waals surface area contributed by atoms with E-state index in [4.69, 9.17) is 4.74 Å². The van der Waals surface area contributed by atoms with Crippen molar-refractivity contribution < 1.29 is 9.53 Å². The van der Waals surface area contributed by atoms with Crippen molar-refractivity contribution >= 4 is 5.91 Å². The van der Waals surface area contributed by atoms with Crippen LogP contribution in [0.1, 0.15) is 22.1 Å². The summed E-state index contributed by atoms with van der Waals surface area (Å²) in [5, 5.41) is 0. The molecular weight excluding hydrogens is 180 g/mol. The van der Waals surface area contributed by atoms with Crippen LogP contribution in [0.25, 0.3) is 0 Å². The van der Waals surface area contributed by atoms with Gasteiger partial charge in [-0.05, 0) is 12.1 Å². The van der Waals surface area contributed by atoms with Crippen LogP contribution in [-0.2, 0) is 4.74 Å². The van der Waals surface area contributed by atoms with E-state index in [2.05, 4.69) is 4.98 Å². The summed E-state index contributed by atoms with van der Waals surface area (Å²) in [6.45, 7) is 1.89. The monoisotopic (exact) mass is 190 g/mol. The predicted molar refractivity (Wildman–Crippen MR) is 48.8 cm³/mol. The van der Waals surface area contributed by atoms with E-state index in [1.807, 2.05) is 11.0 Å². The molecule has 1 aromatic heterocycles. The first kappa shape index (κ1) is 7.94. The van der Waals surface area contributed by atoms with Crippen molar-refractivity contribution in [3.05, 3.63) is 29.6 Å². The summed E-state index contributed by atoms with van der Waals surface area (Å²) < 4.78 is 5.35. The standard InChI is InChI=1S/C10H10N2O2/c13-10-7-2-1-3-11-9(7)8-6-14-5-4-12(8)10/h1-3,8H,4-6H2. The molecule has 0 radical (unpaired) electrons. The molecule has 1 atom stereocenters. The number of fused-ring (bicyclic) bond motifs is 3. The maximum atomic E-state index is 11.9. The molecule has 4 heteroatoms. The maximum Gasteiger partial charge on any atom is 0.256 e. The second-order valence-corrected chi connectivity index (χ2v) is 3.53. The summed E-state index contributed by atoms with van der Waals surface area (Å²) in [6.07, 6.45) is 1.73. The van der Waals surface area contributed by atoms with E-state index in [9.17, 15) is 4.79 Å². The van der Waals surface area contributed by atoms with Crippen molar-refractivity contribution in [2.45, 2.75) is 6.04 Å². The van der Waals surface area contributed by atoms with Gasteiger partial charge in [0.15, 0.2) is 0 Å². The Kier molecular flexibility index (Phi) is 1.58. The molecule has 2 aliphatic heterocycles. The second-order valence-electron chi connectivity index (χ2n) is 3.53. The van der Waals surface area contributed by atoms with Gasteiger partial charge in [0.25, 0.3) is 5.91 Å². The van der Waals surface area contributed by atoms with E-state index in [1.165, 1.54) is 0 Å². The molecule has 3 heterocycles. The van der Waals surface area contributed by atoms with Gasteiger partial charge in [-0.2, -0.15) is 0 Å². The normalized spacial score (nSPS) is 24.7. The number of carbonyl (C=O) groups excluding carboxylic acids is 1. The topological polar surface area (TPSA) is 42.4 Å². The minimum atomic E-state index is 0.0486.